The van der Waals surface area contributed by atoms with Gasteiger partial charge in [-0.05, 0) is 48.4 Å². The van der Waals surface area contributed by atoms with Crippen LogP contribution in [0.2, 0.25) is 5.02 Å². The van der Waals surface area contributed by atoms with Gasteiger partial charge in [0.05, 0.1) is 9.95 Å². The maximum atomic E-state index is 12.5. The van der Waals surface area contributed by atoms with E-state index in [1.165, 1.54) is 18.2 Å². The molecule has 0 saturated carbocycles. The number of aryl methyl sites for hydroxylation is 1. The number of non-ortho nitro benzene ring substituents is 1. The Bertz CT molecular complexity index is 1020. The minimum absolute atomic E-state index is 0.114. The SMILES string of the molecule is CCc1ccccc1NC(=O)c1ccc(Oc2ccc([N+](=O)[O-])cc2Cl)cc1. The Balaban J connectivity index is 1.71. The van der Waals surface area contributed by atoms with Crippen LogP contribution in [0.25, 0.3) is 0 Å². The molecule has 0 unspecified atom stereocenters. The highest BCUT2D eigenvalue weighted by Gasteiger charge is 2.12. The van der Waals surface area contributed by atoms with Gasteiger partial charge in [-0.3, -0.25) is 14.9 Å². The fourth-order valence-electron chi connectivity index (χ4n) is 2.63. The fourth-order valence-corrected chi connectivity index (χ4v) is 2.85. The highest BCUT2D eigenvalue weighted by atomic mass is 35.5. The van der Waals surface area contributed by atoms with E-state index in [0.717, 1.165) is 17.7 Å². The number of nitro groups is 1. The molecule has 0 aliphatic heterocycles. The quantitative estimate of drug-likeness (QED) is 0.418. The van der Waals surface area contributed by atoms with Crippen molar-refractivity contribution in [2.24, 2.45) is 0 Å². The van der Waals surface area contributed by atoms with E-state index in [1.54, 1.807) is 24.3 Å². The molecule has 7 heteroatoms. The van der Waals surface area contributed by atoms with Crippen molar-refractivity contribution in [1.29, 1.82) is 0 Å². The summed E-state index contributed by atoms with van der Waals surface area (Å²) in [5.74, 6) is 0.531. The van der Waals surface area contributed by atoms with Crippen LogP contribution in [0.5, 0.6) is 11.5 Å². The molecule has 0 atom stereocenters. The first-order chi connectivity index (χ1) is 13.5. The first kappa shape index (κ1) is 19.4. The van der Waals surface area contributed by atoms with E-state index in [1.807, 2.05) is 31.2 Å². The molecule has 0 fully saturated rings. The number of hydrogen-bond acceptors (Lipinski definition) is 4. The standard InChI is InChI=1S/C21H17ClN2O4/c1-2-14-5-3-4-6-19(14)23-21(25)15-7-10-17(11-8-15)28-20-12-9-16(24(26)27)13-18(20)22/h3-13H,2H2,1H3,(H,23,25). The van der Waals surface area contributed by atoms with Crippen molar-refractivity contribution in [3.05, 3.63) is 93.0 Å². The zero-order valence-electron chi connectivity index (χ0n) is 15.0. The summed E-state index contributed by atoms with van der Waals surface area (Å²) in [4.78, 5) is 22.7. The number of anilines is 1. The van der Waals surface area contributed by atoms with Crippen LogP contribution < -0.4 is 10.1 Å². The van der Waals surface area contributed by atoms with E-state index in [-0.39, 0.29) is 16.6 Å². The number of nitrogens with one attached hydrogen (secondary N) is 1. The van der Waals surface area contributed by atoms with Crippen molar-refractivity contribution in [2.45, 2.75) is 13.3 Å². The van der Waals surface area contributed by atoms with E-state index in [0.29, 0.717) is 17.1 Å². The number of rotatable bonds is 6. The minimum Gasteiger partial charge on any atom is -0.456 e. The van der Waals surface area contributed by atoms with Gasteiger partial charge in [-0.1, -0.05) is 36.7 Å². The normalized spacial score (nSPS) is 10.4. The van der Waals surface area contributed by atoms with Gasteiger partial charge in [0.15, 0.2) is 0 Å². The summed E-state index contributed by atoms with van der Waals surface area (Å²) in [5.41, 5.74) is 2.21. The van der Waals surface area contributed by atoms with E-state index in [9.17, 15) is 14.9 Å². The molecule has 3 aromatic rings. The largest absolute Gasteiger partial charge is 0.456 e. The lowest BCUT2D eigenvalue weighted by Crippen LogP contribution is -2.13. The summed E-state index contributed by atoms with van der Waals surface area (Å²) in [6, 6.07) is 18.2. The average molecular weight is 397 g/mol. The molecule has 3 rings (SSSR count). The van der Waals surface area contributed by atoms with Gasteiger partial charge < -0.3 is 10.1 Å². The van der Waals surface area contributed by atoms with Crippen LogP contribution in [0.4, 0.5) is 11.4 Å². The van der Waals surface area contributed by atoms with Gasteiger partial charge in [0, 0.05) is 23.4 Å². The predicted molar refractivity (Wildman–Crippen MR) is 108 cm³/mol. The third-order valence-electron chi connectivity index (χ3n) is 4.12. The zero-order valence-corrected chi connectivity index (χ0v) is 15.8. The number of ether oxygens (including phenoxy) is 1. The smallest absolute Gasteiger partial charge is 0.271 e. The minimum atomic E-state index is -0.528. The van der Waals surface area contributed by atoms with E-state index < -0.39 is 4.92 Å². The third-order valence-corrected chi connectivity index (χ3v) is 4.41. The number of nitrogens with zero attached hydrogens (tertiary/aromatic N) is 1. The van der Waals surface area contributed by atoms with Gasteiger partial charge in [-0.2, -0.15) is 0 Å². The highest BCUT2D eigenvalue weighted by Crippen LogP contribution is 2.32. The monoisotopic (exact) mass is 396 g/mol. The molecule has 0 aliphatic carbocycles. The molecule has 0 spiro atoms. The molecule has 0 heterocycles. The number of hydrogen-bond donors (Lipinski definition) is 1. The van der Waals surface area contributed by atoms with E-state index in [4.69, 9.17) is 16.3 Å². The van der Waals surface area contributed by atoms with Crippen molar-refractivity contribution in [1.82, 2.24) is 0 Å². The lowest BCUT2D eigenvalue weighted by atomic mass is 10.1. The Morgan fingerprint density at radius 2 is 1.82 bits per heavy atom. The van der Waals surface area contributed by atoms with Crippen molar-refractivity contribution in [3.63, 3.8) is 0 Å². The number of halogens is 1. The Morgan fingerprint density at radius 3 is 2.46 bits per heavy atom. The second-order valence-electron chi connectivity index (χ2n) is 5.96. The van der Waals surface area contributed by atoms with Crippen molar-refractivity contribution in [3.8, 4) is 11.5 Å². The van der Waals surface area contributed by atoms with Crippen LogP contribution in [-0.4, -0.2) is 10.8 Å². The molecule has 1 amide bonds. The van der Waals surface area contributed by atoms with Gasteiger partial charge in [-0.15, -0.1) is 0 Å². The van der Waals surface area contributed by atoms with Gasteiger partial charge in [-0.25, -0.2) is 0 Å². The first-order valence-corrected chi connectivity index (χ1v) is 8.97. The number of carbonyl (C=O) groups is 1. The molecular weight excluding hydrogens is 380 g/mol. The zero-order chi connectivity index (χ0) is 20.1. The molecule has 0 bridgehead atoms. The molecule has 28 heavy (non-hydrogen) atoms. The van der Waals surface area contributed by atoms with Gasteiger partial charge in [0.25, 0.3) is 11.6 Å². The van der Waals surface area contributed by atoms with E-state index >= 15 is 0 Å². The Kier molecular flexibility index (Phi) is 5.91. The van der Waals surface area contributed by atoms with Gasteiger partial charge >= 0.3 is 0 Å². The summed E-state index contributed by atoms with van der Waals surface area (Å²) in [6.07, 6.45) is 0.819. The second-order valence-corrected chi connectivity index (χ2v) is 6.37. The summed E-state index contributed by atoms with van der Waals surface area (Å²) in [5, 5.41) is 13.8. The highest BCUT2D eigenvalue weighted by molar-refractivity contribution is 6.32. The number of benzene rings is 3. The molecule has 0 radical (unpaired) electrons. The predicted octanol–water partition coefficient (Wildman–Crippen LogP) is 5.86. The molecule has 142 valence electrons. The third kappa shape index (κ3) is 4.47. The second kappa shape index (κ2) is 8.54. The van der Waals surface area contributed by atoms with Crippen LogP contribution >= 0.6 is 11.6 Å². The van der Waals surface area contributed by atoms with Crippen LogP contribution in [0.15, 0.2) is 66.7 Å². The maximum Gasteiger partial charge on any atom is 0.271 e. The molecule has 1 N–H and O–H groups in total. The fraction of sp³-hybridized carbons (Fsp3) is 0.0952. The lowest BCUT2D eigenvalue weighted by Gasteiger charge is -2.11. The van der Waals surface area contributed by atoms with Crippen LogP contribution in [-0.2, 0) is 6.42 Å². The van der Waals surface area contributed by atoms with Gasteiger partial charge in [0.2, 0.25) is 0 Å². The van der Waals surface area contributed by atoms with E-state index in [2.05, 4.69) is 5.32 Å². The van der Waals surface area contributed by atoms with Crippen molar-refractivity contribution >= 4 is 28.9 Å². The molecule has 0 aliphatic rings. The Morgan fingerprint density at radius 1 is 1.11 bits per heavy atom. The Labute approximate surface area is 166 Å². The van der Waals surface area contributed by atoms with Crippen LogP contribution in [0.1, 0.15) is 22.8 Å². The first-order valence-electron chi connectivity index (χ1n) is 8.59. The molecular formula is C21H17ClN2O4. The summed E-state index contributed by atoms with van der Waals surface area (Å²) in [6.45, 7) is 2.03. The summed E-state index contributed by atoms with van der Waals surface area (Å²) >= 11 is 6.03. The topological polar surface area (TPSA) is 81.5 Å². The van der Waals surface area contributed by atoms with Crippen molar-refractivity contribution < 1.29 is 14.5 Å². The average Bonchev–Trinajstić information content (AvgIpc) is 2.70. The summed E-state index contributed by atoms with van der Waals surface area (Å²) < 4.78 is 5.65. The lowest BCUT2D eigenvalue weighted by molar-refractivity contribution is -0.384. The summed E-state index contributed by atoms with van der Waals surface area (Å²) in [7, 11) is 0. The van der Waals surface area contributed by atoms with Crippen LogP contribution in [0.3, 0.4) is 0 Å². The molecule has 3 aromatic carbocycles. The number of carbonyl (C=O) groups excluding carboxylic acids is 1. The molecule has 6 nitrogen and oxygen atoms in total. The van der Waals surface area contributed by atoms with Gasteiger partial charge in [0.1, 0.15) is 11.5 Å². The Hall–Kier alpha value is -3.38. The van der Waals surface area contributed by atoms with Crippen molar-refractivity contribution in [2.75, 3.05) is 5.32 Å². The number of amides is 1. The maximum absolute atomic E-state index is 12.5. The molecule has 0 aromatic heterocycles. The number of nitro benzene ring substituents is 1. The van der Waals surface area contributed by atoms with Crippen LogP contribution in [0, 0.1) is 10.1 Å². The number of para-hydroxylation sites is 1. The molecule has 0 saturated heterocycles.